The zero-order chi connectivity index (χ0) is 62.2. The predicted molar refractivity (Wildman–Crippen MR) is 332 cm³/mol. The van der Waals surface area contributed by atoms with Crippen LogP contribution in [-0.4, -0.2) is 96.4 Å². The number of nitrogens with zero attached hydrogens (tertiary/aromatic N) is 4. The van der Waals surface area contributed by atoms with Crippen LogP contribution < -0.4 is 20.1 Å². The minimum Gasteiger partial charge on any atom is -0.497 e. The van der Waals surface area contributed by atoms with E-state index < -0.39 is 63.5 Å². The SMILES string of the molecule is C=C(C)[C@@H]1CC[C@]2(C(=O)O)CC[C@]3(C)[C@H](CC[C@@H]4[C@@]5(C)CC[C@@](O)(c6cn(C[C@H](Cc7ccccc7)N(C(=O)[C@H](Cc7cc8ccccc8[nH]7)NC(=O)OC(C)(C)C)C(=O)C(C)(C)NCc7ccc(OC)cc7OC)nn6)C(C)(C)[C@@H]5CC[C@]43C)[C@@H]12. The van der Waals surface area contributed by atoms with E-state index in [4.69, 9.17) is 24.5 Å². The van der Waals surface area contributed by atoms with Crippen molar-refractivity contribution in [3.05, 3.63) is 120 Å². The topological polar surface area (TPSA) is 210 Å². The van der Waals surface area contributed by atoms with Crippen molar-refractivity contribution in [1.82, 2.24) is 35.5 Å². The number of benzene rings is 3. The fourth-order valence-corrected chi connectivity index (χ4v) is 18.3. The van der Waals surface area contributed by atoms with Crippen molar-refractivity contribution in [3.63, 3.8) is 0 Å². The van der Waals surface area contributed by atoms with E-state index in [1.54, 1.807) is 59.6 Å². The molecular weight excluding hydrogens is 1080 g/mol. The zero-order valence-corrected chi connectivity index (χ0v) is 53.3. The summed E-state index contributed by atoms with van der Waals surface area (Å²) in [6.07, 6.45) is 9.63. The highest BCUT2D eigenvalue weighted by Crippen LogP contribution is 2.78. The smallest absolute Gasteiger partial charge is 0.408 e. The van der Waals surface area contributed by atoms with Gasteiger partial charge in [0.1, 0.15) is 34.4 Å². The normalized spacial score (nSPS) is 30.1. The van der Waals surface area contributed by atoms with Gasteiger partial charge in [0.05, 0.1) is 44.0 Å². The second-order valence-corrected chi connectivity index (χ2v) is 29.4. The van der Waals surface area contributed by atoms with Gasteiger partial charge in [0.25, 0.3) is 5.91 Å². The van der Waals surface area contributed by atoms with Crippen LogP contribution in [0.1, 0.15) is 163 Å². The lowest BCUT2D eigenvalue weighted by Gasteiger charge is -2.73. The van der Waals surface area contributed by atoms with Crippen molar-refractivity contribution in [1.29, 1.82) is 0 Å². The number of aliphatic hydroxyl groups is 1. The fraction of sp³-hybridized carbons (Fsp3) is 0.600. The van der Waals surface area contributed by atoms with Crippen molar-refractivity contribution in [2.75, 3.05) is 14.2 Å². The number of H-pyrrole nitrogens is 1. The quantitative estimate of drug-likeness (QED) is 0.0519. The van der Waals surface area contributed by atoms with Gasteiger partial charge in [-0.15, -0.1) is 5.10 Å². The number of ether oxygens (including phenoxy) is 3. The number of rotatable bonds is 18. The number of carbonyl (C=O) groups excluding carboxylic acids is 3. The van der Waals surface area contributed by atoms with Gasteiger partial charge in [-0.3, -0.25) is 29.3 Å². The van der Waals surface area contributed by atoms with Crippen LogP contribution in [0.25, 0.3) is 10.9 Å². The predicted octanol–water partition coefficient (Wildman–Crippen LogP) is 12.4. The molecule has 5 saturated carbocycles. The molecule has 10 rings (SSSR count). The zero-order valence-electron chi connectivity index (χ0n) is 53.3. The summed E-state index contributed by atoms with van der Waals surface area (Å²) in [5, 5.41) is 41.4. The first-order valence-electron chi connectivity index (χ1n) is 31.4. The highest BCUT2D eigenvalue weighted by molar-refractivity contribution is 6.03. The van der Waals surface area contributed by atoms with Crippen LogP contribution in [-0.2, 0) is 50.7 Å². The van der Waals surface area contributed by atoms with Gasteiger partial charge in [-0.25, -0.2) is 4.79 Å². The molecule has 5 aliphatic rings. The van der Waals surface area contributed by atoms with Crippen molar-refractivity contribution >= 4 is 34.8 Å². The van der Waals surface area contributed by atoms with Gasteiger partial charge < -0.3 is 34.7 Å². The summed E-state index contributed by atoms with van der Waals surface area (Å²) in [7, 11) is 3.16. The van der Waals surface area contributed by atoms with Gasteiger partial charge in [-0.2, -0.15) is 0 Å². The van der Waals surface area contributed by atoms with Gasteiger partial charge in [0.2, 0.25) is 5.91 Å². The maximum absolute atomic E-state index is 16.1. The lowest BCUT2D eigenvalue weighted by molar-refractivity contribution is -0.268. The number of aromatic nitrogens is 4. The first-order chi connectivity index (χ1) is 40.4. The number of imide groups is 1. The van der Waals surface area contributed by atoms with Gasteiger partial charge >= 0.3 is 12.1 Å². The van der Waals surface area contributed by atoms with Crippen LogP contribution in [0.15, 0.2) is 97.2 Å². The average molecular weight is 1180 g/mol. The number of carbonyl (C=O) groups is 4. The monoisotopic (exact) mass is 1180 g/mol. The van der Waals surface area contributed by atoms with Gasteiger partial charge in [-0.1, -0.05) is 107 Å². The van der Waals surface area contributed by atoms with Crippen LogP contribution >= 0.6 is 0 Å². The van der Waals surface area contributed by atoms with Crippen molar-refractivity contribution in [3.8, 4) is 11.5 Å². The third-order valence-corrected chi connectivity index (χ3v) is 23.0. The number of methoxy groups -OCH3 is 2. The molecular formula is C70H95N7O9. The summed E-state index contributed by atoms with van der Waals surface area (Å²) in [5.74, 6) is 0.462. The standard InChI is InChI=1S/C70H95N7O9/c1-43(2)50-28-31-69(61(80)81)34-33-67(11)51(58(50)69)26-27-56-66(10)32-35-70(83,64(6,7)55(66)29-30-68(56,67)12)57-42-76(75-74-57)41-48(36-44-20-16-15-17-21-44)77(60(79)65(8,9)71-40-46-24-25-49(84-13)39-54(46)85-14)59(78)53(73-62(82)86-63(3,4)5)38-47-37-45-22-18-19-23-52(45)72-47/h15-25,37,39,42,48,50-51,53,55-56,58,71-72,83H,1,26-36,38,40-41H2,2-14H3,(H,73,82)(H,80,81)/t48-,50-,51+,53-,55-,56+,58+,66-,67+,68+,69-,70+/m0/s1. The van der Waals surface area contributed by atoms with Gasteiger partial charge in [-0.05, 0) is 187 Å². The molecule has 5 N–H and O–H groups in total. The Hall–Kier alpha value is -6.52. The van der Waals surface area contributed by atoms with Crippen LogP contribution in [0.2, 0.25) is 0 Å². The molecule has 16 nitrogen and oxygen atoms in total. The minimum atomic E-state index is -1.40. The number of allylic oxidation sites excluding steroid dienone is 1. The van der Waals surface area contributed by atoms with Crippen molar-refractivity contribution < 1.29 is 43.6 Å². The molecule has 3 amide bonds. The fourth-order valence-electron chi connectivity index (χ4n) is 18.3. The minimum absolute atomic E-state index is 0.00151. The molecule has 5 aliphatic carbocycles. The van der Waals surface area contributed by atoms with E-state index >= 15 is 9.59 Å². The maximum Gasteiger partial charge on any atom is 0.408 e. The van der Waals surface area contributed by atoms with Gasteiger partial charge in [0, 0.05) is 41.2 Å². The number of fused-ring (bicyclic) bond motifs is 8. The number of aliphatic carboxylic acids is 1. The highest BCUT2D eigenvalue weighted by Gasteiger charge is 2.73. The molecule has 464 valence electrons. The van der Waals surface area contributed by atoms with Gasteiger partial charge in [0.15, 0.2) is 0 Å². The first kappa shape index (κ1) is 62.5. The molecule has 16 heteroatoms. The molecule has 5 fully saturated rings. The van der Waals surface area contributed by atoms with E-state index in [1.165, 1.54) is 4.90 Å². The van der Waals surface area contributed by atoms with E-state index in [-0.39, 0.29) is 59.9 Å². The Kier molecular flexibility index (Phi) is 16.6. The Morgan fingerprint density at radius 3 is 2.22 bits per heavy atom. The molecule has 0 unspecified atom stereocenters. The molecule has 0 spiro atoms. The lowest BCUT2D eigenvalue weighted by atomic mass is 9.31. The molecule has 0 radical (unpaired) electrons. The molecule has 86 heavy (non-hydrogen) atoms. The number of alkyl carbamates (subject to hydrolysis) is 1. The maximum atomic E-state index is 16.1. The highest BCUT2D eigenvalue weighted by atomic mass is 16.6. The summed E-state index contributed by atoms with van der Waals surface area (Å²) in [6, 6.07) is 22.7. The second-order valence-electron chi connectivity index (χ2n) is 29.4. The Morgan fingerprint density at radius 1 is 0.826 bits per heavy atom. The number of hydrogen-bond donors (Lipinski definition) is 5. The van der Waals surface area contributed by atoms with E-state index in [9.17, 15) is 19.8 Å². The van der Waals surface area contributed by atoms with Crippen molar-refractivity contribution in [2.45, 2.75) is 195 Å². The van der Waals surface area contributed by atoms with E-state index in [0.717, 1.165) is 79.0 Å². The largest absolute Gasteiger partial charge is 0.497 e. The van der Waals surface area contributed by atoms with E-state index in [1.807, 2.05) is 79.0 Å². The number of carboxylic acid groups (broad SMARTS) is 1. The Balaban J connectivity index is 0.987. The summed E-state index contributed by atoms with van der Waals surface area (Å²) < 4.78 is 18.7. The lowest BCUT2D eigenvalue weighted by Crippen LogP contribution is -2.68. The second kappa shape index (κ2) is 22.9. The summed E-state index contributed by atoms with van der Waals surface area (Å²) >= 11 is 0. The molecule has 2 heterocycles. The van der Waals surface area contributed by atoms with Crippen LogP contribution in [0.3, 0.4) is 0 Å². The number of amides is 3. The Labute approximate surface area is 509 Å². The van der Waals surface area contributed by atoms with Crippen LogP contribution in [0.4, 0.5) is 4.79 Å². The molecule has 0 aliphatic heterocycles. The summed E-state index contributed by atoms with van der Waals surface area (Å²) in [4.78, 5) is 64.0. The summed E-state index contributed by atoms with van der Waals surface area (Å²) in [5.41, 5.74) is -0.500. The number of hydrogen-bond acceptors (Lipinski definition) is 11. The Morgan fingerprint density at radius 2 is 1.55 bits per heavy atom. The molecule has 2 aromatic heterocycles. The van der Waals surface area contributed by atoms with Crippen LogP contribution in [0.5, 0.6) is 11.5 Å². The van der Waals surface area contributed by atoms with E-state index in [2.05, 4.69) is 63.7 Å². The molecule has 3 aromatic carbocycles. The summed E-state index contributed by atoms with van der Waals surface area (Å²) in [6.45, 7) is 27.5. The van der Waals surface area contributed by atoms with Crippen molar-refractivity contribution in [2.24, 2.45) is 56.7 Å². The third-order valence-electron chi connectivity index (χ3n) is 23.0. The van der Waals surface area contributed by atoms with E-state index in [0.29, 0.717) is 47.6 Å². The third kappa shape index (κ3) is 10.8. The number of carboxylic acids is 1. The Bertz CT molecular complexity index is 3330. The number of para-hydroxylation sites is 1. The molecule has 5 aromatic rings. The molecule has 12 atom stereocenters. The average Bonchev–Trinajstić information content (AvgIpc) is 0.978. The number of nitrogens with one attached hydrogen (secondary N) is 3. The van der Waals surface area contributed by atoms with Crippen LogP contribution in [0, 0.1) is 56.7 Å². The molecule has 0 saturated heterocycles. The molecule has 0 bridgehead atoms. The first-order valence-corrected chi connectivity index (χ1v) is 31.4. The number of aromatic amines is 1.